The number of sulfonamides is 1. The summed E-state index contributed by atoms with van der Waals surface area (Å²) in [5.74, 6) is -1.45. The highest BCUT2D eigenvalue weighted by Crippen LogP contribution is 2.43. The molecule has 3 atom stereocenters. The summed E-state index contributed by atoms with van der Waals surface area (Å²) in [5.41, 5.74) is 0.873. The first-order valence-corrected chi connectivity index (χ1v) is 9.35. The predicted octanol–water partition coefficient (Wildman–Crippen LogP) is 2.15. The SMILES string of the molecule is O=C(O)C1CC2CCC1N2S(=O)(=O)CCc1cccc(Cl)c1. The van der Waals surface area contributed by atoms with Gasteiger partial charge < -0.3 is 5.11 Å². The summed E-state index contributed by atoms with van der Waals surface area (Å²) < 4.78 is 26.7. The quantitative estimate of drug-likeness (QED) is 0.889. The van der Waals surface area contributed by atoms with E-state index in [-0.39, 0.29) is 17.8 Å². The number of halogens is 1. The molecule has 2 fully saturated rings. The van der Waals surface area contributed by atoms with E-state index in [2.05, 4.69) is 0 Å². The van der Waals surface area contributed by atoms with Crippen molar-refractivity contribution in [3.8, 4) is 0 Å². The van der Waals surface area contributed by atoms with E-state index >= 15 is 0 Å². The third-order valence-electron chi connectivity index (χ3n) is 4.65. The molecule has 1 N–H and O–H groups in total. The zero-order valence-electron chi connectivity index (χ0n) is 12.0. The molecule has 0 aliphatic carbocycles. The van der Waals surface area contributed by atoms with E-state index in [1.54, 1.807) is 18.2 Å². The van der Waals surface area contributed by atoms with Crippen molar-refractivity contribution >= 4 is 27.6 Å². The third kappa shape index (κ3) is 2.87. The number of fused-ring (bicyclic) bond motifs is 2. The number of hydrogen-bond acceptors (Lipinski definition) is 3. The summed E-state index contributed by atoms with van der Waals surface area (Å²) in [6, 6.07) is 6.64. The van der Waals surface area contributed by atoms with Crippen molar-refractivity contribution in [3.05, 3.63) is 34.9 Å². The van der Waals surface area contributed by atoms with Crippen LogP contribution in [-0.2, 0) is 21.2 Å². The molecule has 2 aliphatic heterocycles. The lowest BCUT2D eigenvalue weighted by atomic mass is 9.89. The average Bonchev–Trinajstić information content (AvgIpc) is 3.04. The van der Waals surface area contributed by atoms with E-state index in [0.29, 0.717) is 24.3 Å². The lowest BCUT2D eigenvalue weighted by Crippen LogP contribution is -2.39. The van der Waals surface area contributed by atoms with Gasteiger partial charge in [0.1, 0.15) is 0 Å². The van der Waals surface area contributed by atoms with Crippen LogP contribution in [0.4, 0.5) is 0 Å². The van der Waals surface area contributed by atoms with Crippen LogP contribution in [0.3, 0.4) is 0 Å². The Morgan fingerprint density at radius 2 is 2.14 bits per heavy atom. The van der Waals surface area contributed by atoms with Crippen molar-refractivity contribution < 1.29 is 18.3 Å². The van der Waals surface area contributed by atoms with E-state index in [1.807, 2.05) is 6.07 Å². The summed E-state index contributed by atoms with van der Waals surface area (Å²) in [4.78, 5) is 11.2. The Morgan fingerprint density at radius 1 is 1.36 bits per heavy atom. The van der Waals surface area contributed by atoms with Gasteiger partial charge in [-0.15, -0.1) is 0 Å². The van der Waals surface area contributed by atoms with E-state index in [0.717, 1.165) is 12.0 Å². The number of carbonyl (C=O) groups is 1. The van der Waals surface area contributed by atoms with Gasteiger partial charge in [-0.25, -0.2) is 8.42 Å². The molecular weight excluding hydrogens is 326 g/mol. The molecule has 0 amide bonds. The molecule has 7 heteroatoms. The maximum atomic E-state index is 12.6. The maximum Gasteiger partial charge on any atom is 0.308 e. The Kier molecular flexibility index (Phi) is 4.18. The molecule has 2 heterocycles. The van der Waals surface area contributed by atoms with Gasteiger partial charge in [-0.05, 0) is 43.4 Å². The van der Waals surface area contributed by atoms with E-state index in [9.17, 15) is 18.3 Å². The number of carboxylic acid groups (broad SMARTS) is 1. The molecule has 120 valence electrons. The van der Waals surface area contributed by atoms with Crippen LogP contribution < -0.4 is 0 Å². The van der Waals surface area contributed by atoms with E-state index in [1.165, 1.54) is 4.31 Å². The zero-order chi connectivity index (χ0) is 15.9. The van der Waals surface area contributed by atoms with Crippen LogP contribution in [0.25, 0.3) is 0 Å². The van der Waals surface area contributed by atoms with Crippen LogP contribution in [0.1, 0.15) is 24.8 Å². The van der Waals surface area contributed by atoms with Crippen molar-refractivity contribution in [1.82, 2.24) is 4.31 Å². The molecular formula is C15H18ClNO4S. The van der Waals surface area contributed by atoms with Gasteiger partial charge in [-0.3, -0.25) is 4.79 Å². The number of benzene rings is 1. The summed E-state index contributed by atoms with van der Waals surface area (Å²) in [6.45, 7) is 0. The first-order valence-electron chi connectivity index (χ1n) is 7.37. The fourth-order valence-corrected chi connectivity index (χ4v) is 5.91. The van der Waals surface area contributed by atoms with Crippen molar-refractivity contribution in [1.29, 1.82) is 0 Å². The van der Waals surface area contributed by atoms with Gasteiger partial charge in [0.25, 0.3) is 0 Å². The summed E-state index contributed by atoms with van der Waals surface area (Å²) >= 11 is 5.91. The van der Waals surface area contributed by atoms with Crippen LogP contribution in [0, 0.1) is 5.92 Å². The van der Waals surface area contributed by atoms with Gasteiger partial charge in [0.2, 0.25) is 10.0 Å². The lowest BCUT2D eigenvalue weighted by Gasteiger charge is -2.22. The second-order valence-corrected chi connectivity index (χ2v) is 8.43. The fourth-order valence-electron chi connectivity index (χ4n) is 3.68. The largest absolute Gasteiger partial charge is 0.481 e. The lowest BCUT2D eigenvalue weighted by molar-refractivity contribution is -0.142. The molecule has 0 spiro atoms. The Labute approximate surface area is 134 Å². The van der Waals surface area contributed by atoms with Gasteiger partial charge in [0.05, 0.1) is 11.7 Å². The smallest absolute Gasteiger partial charge is 0.308 e. The first-order chi connectivity index (χ1) is 10.4. The van der Waals surface area contributed by atoms with E-state index < -0.39 is 21.9 Å². The van der Waals surface area contributed by atoms with Crippen molar-refractivity contribution in [2.24, 2.45) is 5.92 Å². The number of rotatable bonds is 5. The highest BCUT2D eigenvalue weighted by Gasteiger charge is 2.53. The molecule has 5 nitrogen and oxygen atoms in total. The molecule has 2 aliphatic rings. The van der Waals surface area contributed by atoms with Crippen LogP contribution in [-0.4, -0.2) is 41.6 Å². The minimum atomic E-state index is -3.45. The number of carboxylic acids is 1. The highest BCUT2D eigenvalue weighted by atomic mass is 35.5. The topological polar surface area (TPSA) is 74.7 Å². The maximum absolute atomic E-state index is 12.6. The minimum Gasteiger partial charge on any atom is -0.481 e. The molecule has 2 bridgehead atoms. The monoisotopic (exact) mass is 343 g/mol. The van der Waals surface area contributed by atoms with Crippen molar-refractivity contribution in [3.63, 3.8) is 0 Å². The summed E-state index contributed by atoms with van der Waals surface area (Å²) in [7, 11) is -3.45. The molecule has 1 aromatic carbocycles. The molecule has 0 radical (unpaired) electrons. The Balaban J connectivity index is 1.72. The van der Waals surface area contributed by atoms with E-state index in [4.69, 9.17) is 11.6 Å². The summed E-state index contributed by atoms with van der Waals surface area (Å²) in [6.07, 6.45) is 2.25. The minimum absolute atomic E-state index is 0.00726. The second-order valence-electron chi connectivity index (χ2n) is 6.00. The second kappa shape index (κ2) is 5.83. The number of aryl methyl sites for hydroxylation is 1. The van der Waals surface area contributed by atoms with Gasteiger partial charge in [0, 0.05) is 17.1 Å². The van der Waals surface area contributed by atoms with Gasteiger partial charge in [-0.1, -0.05) is 23.7 Å². The zero-order valence-corrected chi connectivity index (χ0v) is 13.6. The van der Waals surface area contributed by atoms with Crippen LogP contribution in [0.5, 0.6) is 0 Å². The molecule has 0 saturated carbocycles. The van der Waals surface area contributed by atoms with Gasteiger partial charge in [0.15, 0.2) is 0 Å². The normalized spacial score (nSPS) is 28.1. The van der Waals surface area contributed by atoms with Gasteiger partial charge in [-0.2, -0.15) is 4.31 Å². The van der Waals surface area contributed by atoms with Crippen LogP contribution >= 0.6 is 11.6 Å². The molecule has 22 heavy (non-hydrogen) atoms. The highest BCUT2D eigenvalue weighted by molar-refractivity contribution is 7.89. The molecule has 1 aromatic rings. The van der Waals surface area contributed by atoms with Crippen LogP contribution in [0.2, 0.25) is 5.02 Å². The number of nitrogens with zero attached hydrogens (tertiary/aromatic N) is 1. The number of hydrogen-bond donors (Lipinski definition) is 1. The Morgan fingerprint density at radius 3 is 2.77 bits per heavy atom. The number of aliphatic carboxylic acids is 1. The van der Waals surface area contributed by atoms with Crippen LogP contribution in [0.15, 0.2) is 24.3 Å². The average molecular weight is 344 g/mol. The fraction of sp³-hybridized carbons (Fsp3) is 0.533. The third-order valence-corrected chi connectivity index (χ3v) is 6.82. The standard InChI is InChI=1S/C15H18ClNO4S/c16-11-3-1-2-10(8-11)6-7-22(20,21)17-12-4-5-14(17)13(9-12)15(18)19/h1-3,8,12-14H,4-7,9H2,(H,18,19). The Hall–Kier alpha value is -1.11. The molecule has 3 unspecified atom stereocenters. The van der Waals surface area contributed by atoms with Crippen molar-refractivity contribution in [2.75, 3.05) is 5.75 Å². The van der Waals surface area contributed by atoms with Crippen molar-refractivity contribution in [2.45, 2.75) is 37.8 Å². The predicted molar refractivity (Wildman–Crippen MR) is 83.3 cm³/mol. The molecule has 2 saturated heterocycles. The molecule has 0 aromatic heterocycles. The molecule has 3 rings (SSSR count). The van der Waals surface area contributed by atoms with Gasteiger partial charge >= 0.3 is 5.97 Å². The Bertz CT molecular complexity index is 691. The first kappa shape index (κ1) is 15.8. The summed E-state index contributed by atoms with van der Waals surface area (Å²) in [5, 5.41) is 9.81.